The Labute approximate surface area is 183 Å². The highest BCUT2D eigenvalue weighted by Gasteiger charge is 2.24. The monoisotopic (exact) mass is 447 g/mol. The lowest BCUT2D eigenvalue weighted by molar-refractivity contribution is 0.0821. The number of amides is 3. The van der Waals surface area contributed by atoms with E-state index in [1.807, 2.05) is 51.5 Å². The van der Waals surface area contributed by atoms with Crippen molar-refractivity contribution in [3.05, 3.63) is 46.9 Å². The van der Waals surface area contributed by atoms with Gasteiger partial charge in [0.05, 0.1) is 0 Å². The number of sulfonamides is 1. The van der Waals surface area contributed by atoms with Crippen molar-refractivity contribution < 1.29 is 18.0 Å². The Kier molecular flexibility index (Phi) is 7.37. The van der Waals surface area contributed by atoms with Gasteiger partial charge in [0.2, 0.25) is 0 Å². The molecule has 0 aliphatic rings. The van der Waals surface area contributed by atoms with E-state index in [4.69, 9.17) is 0 Å². The van der Waals surface area contributed by atoms with Gasteiger partial charge in [-0.1, -0.05) is 45.4 Å². The minimum Gasteiger partial charge on any atom is -0.343 e. The second-order valence-electron chi connectivity index (χ2n) is 8.13. The van der Waals surface area contributed by atoms with E-state index < -0.39 is 27.0 Å². The van der Waals surface area contributed by atoms with Crippen molar-refractivity contribution in [2.75, 3.05) is 19.4 Å². The first kappa shape index (κ1) is 24.3. The largest absolute Gasteiger partial charge is 0.343 e. The number of carbonyl (C=O) groups is 2. The third-order valence-corrected chi connectivity index (χ3v) is 5.82. The van der Waals surface area contributed by atoms with Gasteiger partial charge in [-0.15, -0.1) is 0 Å². The van der Waals surface area contributed by atoms with Crippen molar-refractivity contribution in [2.24, 2.45) is 0 Å². The van der Waals surface area contributed by atoms with Crippen molar-refractivity contribution in [2.45, 2.75) is 51.5 Å². The first-order valence-corrected chi connectivity index (χ1v) is 11.3. The Hall–Kier alpha value is -3.01. The standard InChI is InChI=1S/C21H29N5O4S/c1-12(2)15-8-14(5)9-16(13(3)4)19(15)24-21(28)25-31(29,30)18-10-17(22-11-23-18)20(27)26(6)7/h8-13H,1-7H3,(H2,24,25,28). The first-order chi connectivity index (χ1) is 14.3. The second kappa shape index (κ2) is 9.42. The zero-order valence-electron chi connectivity index (χ0n) is 18.8. The van der Waals surface area contributed by atoms with Crippen LogP contribution < -0.4 is 10.0 Å². The van der Waals surface area contributed by atoms with Gasteiger partial charge in [-0.05, 0) is 29.9 Å². The minimum absolute atomic E-state index is 0.0940. The number of aryl methyl sites for hydroxylation is 1. The van der Waals surface area contributed by atoms with E-state index in [0.29, 0.717) is 5.69 Å². The predicted molar refractivity (Wildman–Crippen MR) is 119 cm³/mol. The third-order valence-electron chi connectivity index (χ3n) is 4.60. The summed E-state index contributed by atoms with van der Waals surface area (Å²) in [4.78, 5) is 33.5. The van der Waals surface area contributed by atoms with Crippen LogP contribution in [0.4, 0.5) is 10.5 Å². The van der Waals surface area contributed by atoms with E-state index in [9.17, 15) is 18.0 Å². The van der Waals surface area contributed by atoms with E-state index in [-0.39, 0.29) is 17.5 Å². The van der Waals surface area contributed by atoms with Crippen LogP contribution in [0.5, 0.6) is 0 Å². The van der Waals surface area contributed by atoms with Gasteiger partial charge in [-0.2, -0.15) is 8.42 Å². The van der Waals surface area contributed by atoms with Crippen molar-refractivity contribution >= 4 is 27.6 Å². The van der Waals surface area contributed by atoms with Crippen molar-refractivity contribution in [3.8, 4) is 0 Å². The fourth-order valence-corrected chi connectivity index (χ4v) is 3.90. The molecule has 0 unspecified atom stereocenters. The molecule has 31 heavy (non-hydrogen) atoms. The summed E-state index contributed by atoms with van der Waals surface area (Å²) in [6, 6.07) is 4.07. The summed E-state index contributed by atoms with van der Waals surface area (Å²) in [6.07, 6.45) is 0.969. The third kappa shape index (κ3) is 5.78. The van der Waals surface area contributed by atoms with Crippen LogP contribution in [-0.2, 0) is 10.0 Å². The van der Waals surface area contributed by atoms with Gasteiger partial charge in [-0.3, -0.25) is 4.79 Å². The Morgan fingerprint density at radius 2 is 1.52 bits per heavy atom. The molecule has 0 aliphatic heterocycles. The quantitative estimate of drug-likeness (QED) is 0.656. The van der Waals surface area contributed by atoms with Crippen LogP contribution in [0.3, 0.4) is 0 Å². The molecule has 0 atom stereocenters. The van der Waals surface area contributed by atoms with Crippen LogP contribution in [0.15, 0.2) is 29.6 Å². The lowest BCUT2D eigenvalue weighted by Gasteiger charge is -2.21. The highest BCUT2D eigenvalue weighted by atomic mass is 32.2. The van der Waals surface area contributed by atoms with Gasteiger partial charge >= 0.3 is 6.03 Å². The molecule has 0 saturated carbocycles. The predicted octanol–water partition coefficient (Wildman–Crippen LogP) is 3.24. The molecule has 1 aromatic heterocycles. The summed E-state index contributed by atoms with van der Waals surface area (Å²) in [7, 11) is -1.28. The Bertz CT molecular complexity index is 1070. The highest BCUT2D eigenvalue weighted by molar-refractivity contribution is 7.90. The lowest BCUT2D eigenvalue weighted by Crippen LogP contribution is -2.35. The fourth-order valence-electron chi connectivity index (χ4n) is 3.04. The van der Waals surface area contributed by atoms with Crippen LogP contribution in [0.25, 0.3) is 0 Å². The van der Waals surface area contributed by atoms with E-state index >= 15 is 0 Å². The Morgan fingerprint density at radius 1 is 0.968 bits per heavy atom. The zero-order chi connectivity index (χ0) is 23.5. The number of hydrogen-bond acceptors (Lipinski definition) is 6. The van der Waals surface area contributed by atoms with Gasteiger partial charge in [0.25, 0.3) is 15.9 Å². The molecule has 3 amide bonds. The summed E-state index contributed by atoms with van der Waals surface area (Å²) < 4.78 is 27.3. The van der Waals surface area contributed by atoms with Gasteiger partial charge in [0.1, 0.15) is 12.0 Å². The SMILES string of the molecule is Cc1cc(C(C)C)c(NC(=O)NS(=O)(=O)c2cc(C(=O)N(C)C)ncn2)c(C(C)C)c1. The maximum absolute atomic E-state index is 12.7. The van der Waals surface area contributed by atoms with E-state index in [0.717, 1.165) is 29.1 Å². The van der Waals surface area contributed by atoms with E-state index in [1.54, 1.807) is 0 Å². The summed E-state index contributed by atoms with van der Waals surface area (Å²) in [5.74, 6) is -0.248. The van der Waals surface area contributed by atoms with E-state index in [2.05, 4.69) is 15.3 Å². The number of carbonyl (C=O) groups excluding carboxylic acids is 2. The molecule has 0 bridgehead atoms. The van der Waals surface area contributed by atoms with Gasteiger partial charge in [0.15, 0.2) is 5.03 Å². The van der Waals surface area contributed by atoms with Crippen LogP contribution in [0, 0.1) is 6.92 Å². The van der Waals surface area contributed by atoms with Crippen LogP contribution in [-0.4, -0.2) is 49.3 Å². The fraction of sp³-hybridized carbons (Fsp3) is 0.429. The summed E-state index contributed by atoms with van der Waals surface area (Å²) >= 11 is 0. The molecule has 0 saturated heterocycles. The molecule has 1 heterocycles. The molecular weight excluding hydrogens is 418 g/mol. The smallest absolute Gasteiger partial charge is 0.333 e. The van der Waals surface area contributed by atoms with Crippen LogP contribution >= 0.6 is 0 Å². The molecule has 10 heteroatoms. The van der Waals surface area contributed by atoms with Crippen molar-refractivity contribution in [1.82, 2.24) is 19.6 Å². The molecule has 0 fully saturated rings. The minimum atomic E-state index is -4.32. The molecule has 168 valence electrons. The van der Waals surface area contributed by atoms with Crippen LogP contribution in [0.2, 0.25) is 0 Å². The summed E-state index contributed by atoms with van der Waals surface area (Å²) in [6.45, 7) is 9.99. The Balaban J connectivity index is 2.35. The molecular formula is C21H29N5O4S. The van der Waals surface area contributed by atoms with Gasteiger partial charge < -0.3 is 10.2 Å². The molecule has 2 aromatic rings. The number of anilines is 1. The number of urea groups is 1. The number of benzene rings is 1. The normalized spacial score (nSPS) is 11.5. The van der Waals surface area contributed by atoms with Crippen LogP contribution in [0.1, 0.15) is 66.7 Å². The summed E-state index contributed by atoms with van der Waals surface area (Å²) in [5.41, 5.74) is 3.39. The molecule has 9 nitrogen and oxygen atoms in total. The molecule has 0 aliphatic carbocycles. The average Bonchev–Trinajstić information content (AvgIpc) is 2.67. The maximum Gasteiger partial charge on any atom is 0.333 e. The topological polar surface area (TPSA) is 121 Å². The highest BCUT2D eigenvalue weighted by Crippen LogP contribution is 2.33. The Morgan fingerprint density at radius 3 is 2.00 bits per heavy atom. The van der Waals surface area contributed by atoms with Crippen molar-refractivity contribution in [3.63, 3.8) is 0 Å². The molecule has 2 rings (SSSR count). The van der Waals surface area contributed by atoms with Crippen molar-refractivity contribution in [1.29, 1.82) is 0 Å². The number of rotatable bonds is 6. The molecule has 2 N–H and O–H groups in total. The average molecular weight is 448 g/mol. The van der Waals surface area contributed by atoms with E-state index in [1.165, 1.54) is 19.0 Å². The molecule has 0 spiro atoms. The number of nitrogens with one attached hydrogen (secondary N) is 2. The maximum atomic E-state index is 12.7. The van der Waals surface area contributed by atoms with Gasteiger partial charge in [0, 0.05) is 25.8 Å². The molecule has 1 aromatic carbocycles. The number of aromatic nitrogens is 2. The zero-order valence-corrected chi connectivity index (χ0v) is 19.7. The van der Waals surface area contributed by atoms with Gasteiger partial charge in [-0.25, -0.2) is 19.5 Å². The lowest BCUT2D eigenvalue weighted by atomic mass is 9.90. The second-order valence-corrected chi connectivity index (χ2v) is 9.76. The number of nitrogens with zero attached hydrogens (tertiary/aromatic N) is 3. The first-order valence-electron chi connectivity index (χ1n) is 9.85. The number of hydrogen-bond donors (Lipinski definition) is 2. The summed E-state index contributed by atoms with van der Waals surface area (Å²) in [5, 5.41) is 2.23. The molecule has 0 radical (unpaired) electrons.